The molecule has 4 unspecified atom stereocenters. The lowest BCUT2D eigenvalue weighted by atomic mass is 9.51. The van der Waals surface area contributed by atoms with E-state index in [0.717, 1.165) is 4.90 Å². The summed E-state index contributed by atoms with van der Waals surface area (Å²) in [4.78, 5) is 25.7. The summed E-state index contributed by atoms with van der Waals surface area (Å²) in [5.41, 5.74) is -2.64. The number of nitrogens with zero attached hydrogens (tertiary/aromatic N) is 2. The summed E-state index contributed by atoms with van der Waals surface area (Å²) in [6.45, 7) is 0.569. The fourth-order valence-electron chi connectivity index (χ4n) is 3.80. The normalized spacial score (nSPS) is 40.6. The summed E-state index contributed by atoms with van der Waals surface area (Å²) in [7, 11) is 0. The van der Waals surface area contributed by atoms with Crippen LogP contribution < -0.4 is 0 Å². The number of unbranched alkanes of at least 4 members (excludes halogenated alkanes) is 1. The van der Waals surface area contributed by atoms with Gasteiger partial charge in [0, 0.05) is 25.2 Å². The lowest BCUT2D eigenvalue weighted by Crippen LogP contribution is -2.98. The first-order chi connectivity index (χ1) is 10.4. The van der Waals surface area contributed by atoms with Crippen molar-refractivity contribution in [3.05, 3.63) is 12.2 Å². The van der Waals surface area contributed by atoms with Crippen molar-refractivity contribution in [1.29, 1.82) is 0 Å². The molecule has 2 fully saturated rings. The fourth-order valence-corrected chi connectivity index (χ4v) is 3.80. The molecule has 0 radical (unpaired) electrons. The summed E-state index contributed by atoms with van der Waals surface area (Å²) in [5, 5.41) is 39.2. The number of piperidine rings is 1. The molecule has 3 rings (SSSR count). The van der Waals surface area contributed by atoms with Gasteiger partial charge in [-0.3, -0.25) is 19.4 Å². The van der Waals surface area contributed by atoms with Gasteiger partial charge in [0.2, 0.25) is 0 Å². The standard InChI is InChI=1S/C14H20N2O6/c17-8-13-11(20)12(21)14(13,22)7-15(13)5-1-2-6-16-9(18)3-4-10(16)19/h3-4,11-12,17,20-22H,1-2,5-8H2. The van der Waals surface area contributed by atoms with E-state index in [-0.39, 0.29) is 18.4 Å². The first kappa shape index (κ1) is 15.6. The highest BCUT2D eigenvalue weighted by molar-refractivity contribution is 6.12. The third-order valence-electron chi connectivity index (χ3n) is 5.22. The van der Waals surface area contributed by atoms with Crippen LogP contribution in [0.5, 0.6) is 0 Å². The Labute approximate surface area is 127 Å². The largest absolute Gasteiger partial charge is 0.394 e. The van der Waals surface area contributed by atoms with Gasteiger partial charge in [0.15, 0.2) is 0 Å². The summed E-state index contributed by atoms with van der Waals surface area (Å²) in [5.74, 6) is -0.625. The van der Waals surface area contributed by atoms with Crippen molar-refractivity contribution in [1.82, 2.24) is 9.80 Å². The van der Waals surface area contributed by atoms with Gasteiger partial charge in [-0.25, -0.2) is 0 Å². The topological polar surface area (TPSA) is 122 Å². The van der Waals surface area contributed by atoms with Crippen LogP contribution in [0, 0.1) is 0 Å². The van der Waals surface area contributed by atoms with Gasteiger partial charge in [-0.1, -0.05) is 0 Å². The number of aliphatic hydroxyl groups is 4. The molecule has 0 spiro atoms. The van der Waals surface area contributed by atoms with E-state index in [2.05, 4.69) is 0 Å². The number of amides is 2. The summed E-state index contributed by atoms with van der Waals surface area (Å²) >= 11 is 0. The highest BCUT2D eigenvalue weighted by atomic mass is 16.4. The second-order valence-electron chi connectivity index (χ2n) is 6.19. The maximum absolute atomic E-state index is 11.4. The molecule has 0 aromatic carbocycles. The molecule has 22 heavy (non-hydrogen) atoms. The Hall–Kier alpha value is -1.32. The van der Waals surface area contributed by atoms with Crippen LogP contribution in [0.25, 0.3) is 0 Å². The molecule has 0 bridgehead atoms. The second kappa shape index (κ2) is 5.10. The number of carbonyl (C=O) groups is 2. The lowest BCUT2D eigenvalue weighted by molar-refractivity contribution is -0.388. The van der Waals surface area contributed by atoms with Crippen LogP contribution >= 0.6 is 0 Å². The number of hydrogen-bond acceptors (Lipinski definition) is 7. The minimum Gasteiger partial charge on any atom is -0.394 e. The van der Waals surface area contributed by atoms with Gasteiger partial charge < -0.3 is 20.4 Å². The number of carbonyl (C=O) groups excluding carboxylic acids is 2. The lowest BCUT2D eigenvalue weighted by Gasteiger charge is -2.74. The number of imide groups is 1. The summed E-state index contributed by atoms with van der Waals surface area (Å²) in [6.07, 6.45) is 1.30. The van der Waals surface area contributed by atoms with E-state index < -0.39 is 30.0 Å². The minimum atomic E-state index is -1.45. The Morgan fingerprint density at radius 3 is 2.23 bits per heavy atom. The molecule has 4 N–H and O–H groups in total. The number of aliphatic hydroxyl groups excluding tert-OH is 3. The van der Waals surface area contributed by atoms with E-state index in [4.69, 9.17) is 0 Å². The zero-order valence-electron chi connectivity index (χ0n) is 12.1. The van der Waals surface area contributed by atoms with Crippen LogP contribution in [-0.4, -0.2) is 91.6 Å². The molecule has 8 heteroatoms. The Bertz CT molecular complexity index is 519. The van der Waals surface area contributed by atoms with Crippen molar-refractivity contribution in [2.45, 2.75) is 36.2 Å². The van der Waals surface area contributed by atoms with Crippen LogP contribution in [0.4, 0.5) is 0 Å². The molecule has 2 aliphatic heterocycles. The molecule has 4 atom stereocenters. The molecule has 2 heterocycles. The molecular formula is C14H20N2O6. The highest BCUT2D eigenvalue weighted by Gasteiger charge is 2.80. The molecule has 1 saturated heterocycles. The molecular weight excluding hydrogens is 292 g/mol. The van der Waals surface area contributed by atoms with Crippen molar-refractivity contribution in [2.75, 3.05) is 26.2 Å². The first-order valence-electron chi connectivity index (χ1n) is 7.36. The Kier molecular flexibility index (Phi) is 3.61. The predicted octanol–water partition coefficient (Wildman–Crippen LogP) is -2.80. The molecule has 2 amide bonds. The van der Waals surface area contributed by atoms with Crippen molar-refractivity contribution in [2.24, 2.45) is 0 Å². The molecule has 1 aliphatic carbocycles. The Morgan fingerprint density at radius 2 is 1.68 bits per heavy atom. The Morgan fingerprint density at radius 1 is 1.09 bits per heavy atom. The van der Waals surface area contributed by atoms with Gasteiger partial charge in [-0.05, 0) is 19.4 Å². The summed E-state index contributed by atoms with van der Waals surface area (Å²) in [6, 6.07) is 0. The molecule has 0 aromatic rings. The van der Waals surface area contributed by atoms with Gasteiger partial charge in [0.25, 0.3) is 11.8 Å². The van der Waals surface area contributed by atoms with Gasteiger partial charge >= 0.3 is 0 Å². The van der Waals surface area contributed by atoms with Crippen LogP contribution in [0.1, 0.15) is 12.8 Å². The molecule has 8 nitrogen and oxygen atoms in total. The number of hydrogen-bond donors (Lipinski definition) is 4. The van der Waals surface area contributed by atoms with Gasteiger partial charge in [0.05, 0.1) is 6.61 Å². The smallest absolute Gasteiger partial charge is 0.253 e. The second-order valence-corrected chi connectivity index (χ2v) is 6.19. The predicted molar refractivity (Wildman–Crippen MR) is 73.4 cm³/mol. The minimum absolute atomic E-state index is 0.189. The number of likely N-dealkylation sites (tertiary alicyclic amines) is 1. The monoisotopic (exact) mass is 312 g/mol. The van der Waals surface area contributed by atoms with E-state index in [0.29, 0.717) is 25.9 Å². The average Bonchev–Trinajstić information content (AvgIpc) is 2.81. The number of fused-ring (bicyclic) bond motifs is 1. The van der Waals surface area contributed by atoms with Crippen LogP contribution in [0.15, 0.2) is 12.2 Å². The van der Waals surface area contributed by atoms with E-state index in [9.17, 15) is 30.0 Å². The van der Waals surface area contributed by atoms with Crippen molar-refractivity contribution in [3.8, 4) is 0 Å². The van der Waals surface area contributed by atoms with E-state index in [1.807, 2.05) is 0 Å². The van der Waals surface area contributed by atoms with Crippen molar-refractivity contribution >= 4 is 11.8 Å². The molecule has 122 valence electrons. The van der Waals surface area contributed by atoms with Gasteiger partial charge in [-0.15, -0.1) is 0 Å². The zero-order chi connectivity index (χ0) is 16.1. The molecule has 1 saturated carbocycles. The quantitative estimate of drug-likeness (QED) is 0.309. The van der Waals surface area contributed by atoms with Gasteiger partial charge in [0.1, 0.15) is 23.3 Å². The maximum Gasteiger partial charge on any atom is 0.253 e. The Balaban J connectivity index is 1.48. The van der Waals surface area contributed by atoms with Gasteiger partial charge in [-0.2, -0.15) is 0 Å². The zero-order valence-corrected chi connectivity index (χ0v) is 12.1. The maximum atomic E-state index is 11.4. The molecule has 0 aromatic heterocycles. The SMILES string of the molecule is O=C1C=CC(=O)N1CCCCN1CC2(O)C(O)C(O)C12CO. The van der Waals surface area contributed by atoms with E-state index in [1.54, 1.807) is 4.90 Å². The van der Waals surface area contributed by atoms with Crippen molar-refractivity contribution in [3.63, 3.8) is 0 Å². The number of rotatable bonds is 6. The third kappa shape index (κ3) is 1.76. The van der Waals surface area contributed by atoms with Crippen LogP contribution in [-0.2, 0) is 9.59 Å². The molecule has 3 aliphatic rings. The average molecular weight is 312 g/mol. The first-order valence-corrected chi connectivity index (χ1v) is 7.36. The fraction of sp³-hybridized carbons (Fsp3) is 0.714. The highest BCUT2D eigenvalue weighted by Crippen LogP contribution is 2.55. The van der Waals surface area contributed by atoms with E-state index >= 15 is 0 Å². The van der Waals surface area contributed by atoms with Crippen LogP contribution in [0.3, 0.4) is 0 Å². The van der Waals surface area contributed by atoms with Crippen LogP contribution in [0.2, 0.25) is 0 Å². The van der Waals surface area contributed by atoms with Crippen molar-refractivity contribution < 1.29 is 30.0 Å². The summed E-state index contributed by atoms with van der Waals surface area (Å²) < 4.78 is 0. The number of β-amino-alcohol motifs (C(OH)–C–C–N with tert-alkyl or cyclic N) is 1. The third-order valence-corrected chi connectivity index (χ3v) is 5.22. The van der Waals surface area contributed by atoms with E-state index in [1.165, 1.54) is 12.2 Å².